The van der Waals surface area contributed by atoms with Gasteiger partial charge >= 0.3 is 0 Å². The lowest BCUT2D eigenvalue weighted by Crippen LogP contribution is -2.27. The Kier molecular flexibility index (Phi) is 5.95. The van der Waals surface area contributed by atoms with E-state index in [4.69, 9.17) is 19.7 Å². The molecule has 0 saturated heterocycles. The predicted molar refractivity (Wildman–Crippen MR) is 79.4 cm³/mol. The number of aliphatic hydroxyl groups is 3. The van der Waals surface area contributed by atoms with Crippen molar-refractivity contribution in [1.29, 1.82) is 0 Å². The second-order valence-electron chi connectivity index (χ2n) is 4.82. The quantitative estimate of drug-likeness (QED) is 0.675. The lowest BCUT2D eigenvalue weighted by atomic mass is 10.1. The average molecular weight is 292 g/mol. The van der Waals surface area contributed by atoms with Gasteiger partial charge in [-0.3, -0.25) is 0 Å². The van der Waals surface area contributed by atoms with Crippen molar-refractivity contribution in [3.63, 3.8) is 0 Å². The maximum absolute atomic E-state index is 9.77. The molecule has 2 aromatic carbocycles. The molecule has 0 bridgehead atoms. The first-order chi connectivity index (χ1) is 10.2. The van der Waals surface area contributed by atoms with Crippen molar-refractivity contribution in [3.05, 3.63) is 42.5 Å². The minimum Gasteiger partial charge on any atom is -0.490 e. The fourth-order valence-corrected chi connectivity index (χ4v) is 1.95. The molecule has 2 rings (SSSR count). The second-order valence-corrected chi connectivity index (χ2v) is 4.82. The molecule has 0 radical (unpaired) electrons. The maximum Gasteiger partial charge on any atom is 0.127 e. The standard InChI is InChI=1S/C16H20O5/c17-8-13(18)9-20-10-14(19)11-21-16-7-3-5-12-4-1-2-6-15(12)16/h1-7,13-14,17-19H,8-11H2. The van der Waals surface area contributed by atoms with Crippen LogP contribution in [0.4, 0.5) is 0 Å². The monoisotopic (exact) mass is 292 g/mol. The maximum atomic E-state index is 9.77. The van der Waals surface area contributed by atoms with Crippen LogP contribution < -0.4 is 4.74 Å². The molecule has 2 atom stereocenters. The third-order valence-corrected chi connectivity index (χ3v) is 3.01. The Morgan fingerprint density at radius 2 is 1.57 bits per heavy atom. The molecule has 0 aliphatic carbocycles. The molecule has 0 aliphatic heterocycles. The highest BCUT2D eigenvalue weighted by molar-refractivity contribution is 5.88. The van der Waals surface area contributed by atoms with Crippen molar-refractivity contribution in [3.8, 4) is 5.75 Å². The van der Waals surface area contributed by atoms with E-state index in [0.29, 0.717) is 5.75 Å². The minimum atomic E-state index is -0.920. The van der Waals surface area contributed by atoms with Crippen molar-refractivity contribution in [2.75, 3.05) is 26.4 Å². The summed E-state index contributed by atoms with van der Waals surface area (Å²) in [6.45, 7) is -0.227. The van der Waals surface area contributed by atoms with Crippen molar-refractivity contribution < 1.29 is 24.8 Å². The van der Waals surface area contributed by atoms with Crippen LogP contribution in [0.2, 0.25) is 0 Å². The first kappa shape index (κ1) is 15.7. The van der Waals surface area contributed by atoms with E-state index in [1.165, 1.54) is 0 Å². The lowest BCUT2D eigenvalue weighted by molar-refractivity contribution is -0.0336. The molecule has 0 amide bonds. The predicted octanol–water partition coefficient (Wildman–Crippen LogP) is 0.949. The van der Waals surface area contributed by atoms with E-state index in [0.717, 1.165) is 10.8 Å². The molecule has 114 valence electrons. The van der Waals surface area contributed by atoms with Gasteiger partial charge in [-0.15, -0.1) is 0 Å². The molecule has 0 spiro atoms. The molecule has 0 saturated carbocycles. The Morgan fingerprint density at radius 3 is 2.38 bits per heavy atom. The van der Waals surface area contributed by atoms with Gasteiger partial charge in [0.2, 0.25) is 0 Å². The van der Waals surface area contributed by atoms with Crippen molar-refractivity contribution >= 4 is 10.8 Å². The van der Waals surface area contributed by atoms with Crippen LogP contribution in [0, 0.1) is 0 Å². The molecule has 0 heterocycles. The van der Waals surface area contributed by atoms with E-state index in [2.05, 4.69) is 0 Å². The van der Waals surface area contributed by atoms with E-state index >= 15 is 0 Å². The Hall–Kier alpha value is -1.66. The van der Waals surface area contributed by atoms with Crippen LogP contribution in [0.1, 0.15) is 0 Å². The summed E-state index contributed by atoms with van der Waals surface area (Å²) in [6.07, 6.45) is -1.72. The molecule has 2 unspecified atom stereocenters. The van der Waals surface area contributed by atoms with Gasteiger partial charge in [-0.2, -0.15) is 0 Å². The highest BCUT2D eigenvalue weighted by Gasteiger charge is 2.09. The molecule has 0 fully saturated rings. The molecule has 0 aliphatic rings. The zero-order valence-corrected chi connectivity index (χ0v) is 11.7. The number of hydrogen-bond acceptors (Lipinski definition) is 5. The number of rotatable bonds is 8. The van der Waals surface area contributed by atoms with Crippen LogP contribution in [0.5, 0.6) is 5.75 Å². The first-order valence-electron chi connectivity index (χ1n) is 6.86. The summed E-state index contributed by atoms with van der Waals surface area (Å²) < 4.78 is 10.7. The van der Waals surface area contributed by atoms with Crippen LogP contribution in [0.3, 0.4) is 0 Å². The van der Waals surface area contributed by atoms with Gasteiger partial charge in [0, 0.05) is 5.39 Å². The largest absolute Gasteiger partial charge is 0.490 e. The summed E-state index contributed by atoms with van der Waals surface area (Å²) in [5, 5.41) is 29.6. The summed E-state index contributed by atoms with van der Waals surface area (Å²) in [4.78, 5) is 0. The van der Waals surface area contributed by atoms with Crippen molar-refractivity contribution in [1.82, 2.24) is 0 Å². The van der Waals surface area contributed by atoms with Crippen molar-refractivity contribution in [2.45, 2.75) is 12.2 Å². The number of hydrogen-bond donors (Lipinski definition) is 3. The number of ether oxygens (including phenoxy) is 2. The van der Waals surface area contributed by atoms with Crippen LogP contribution >= 0.6 is 0 Å². The second kappa shape index (κ2) is 7.95. The summed E-state index contributed by atoms with van der Waals surface area (Å²) in [5.74, 6) is 0.711. The Balaban J connectivity index is 1.84. The van der Waals surface area contributed by atoms with Crippen molar-refractivity contribution in [2.24, 2.45) is 0 Å². The van der Waals surface area contributed by atoms with Gasteiger partial charge in [0.1, 0.15) is 24.6 Å². The van der Waals surface area contributed by atoms with E-state index in [-0.39, 0.29) is 26.4 Å². The molecule has 3 N–H and O–H groups in total. The third-order valence-electron chi connectivity index (χ3n) is 3.01. The molecule has 0 aromatic heterocycles. The minimum absolute atomic E-state index is 0.0121. The summed E-state index contributed by atoms with van der Waals surface area (Å²) in [6, 6.07) is 13.6. The highest BCUT2D eigenvalue weighted by atomic mass is 16.5. The summed E-state index contributed by atoms with van der Waals surface area (Å²) >= 11 is 0. The lowest BCUT2D eigenvalue weighted by Gasteiger charge is -2.15. The number of aliphatic hydroxyl groups excluding tert-OH is 3. The molecule has 21 heavy (non-hydrogen) atoms. The van der Waals surface area contributed by atoms with Gasteiger partial charge in [-0.05, 0) is 11.5 Å². The van der Waals surface area contributed by atoms with Crippen LogP contribution in [-0.2, 0) is 4.74 Å². The molecule has 5 nitrogen and oxygen atoms in total. The first-order valence-corrected chi connectivity index (χ1v) is 6.86. The van der Waals surface area contributed by atoms with Crippen LogP contribution in [0.15, 0.2) is 42.5 Å². The van der Waals surface area contributed by atoms with Gasteiger partial charge in [0.05, 0.1) is 19.8 Å². The van der Waals surface area contributed by atoms with Crippen LogP contribution in [0.25, 0.3) is 10.8 Å². The molecular formula is C16H20O5. The highest BCUT2D eigenvalue weighted by Crippen LogP contribution is 2.25. The Bertz CT molecular complexity index is 552. The SMILES string of the molecule is OCC(O)COCC(O)COc1cccc2ccccc12. The number of benzene rings is 2. The molecule has 2 aromatic rings. The van der Waals surface area contributed by atoms with Gasteiger partial charge in [0.25, 0.3) is 0 Å². The number of fused-ring (bicyclic) bond motifs is 1. The van der Waals surface area contributed by atoms with Gasteiger partial charge in [0.15, 0.2) is 0 Å². The Labute approximate surface area is 123 Å². The summed E-state index contributed by atoms with van der Waals surface area (Å²) in [7, 11) is 0. The van der Waals surface area contributed by atoms with E-state index < -0.39 is 12.2 Å². The smallest absolute Gasteiger partial charge is 0.127 e. The van der Waals surface area contributed by atoms with Gasteiger partial charge < -0.3 is 24.8 Å². The van der Waals surface area contributed by atoms with Gasteiger partial charge in [-0.1, -0.05) is 36.4 Å². The zero-order valence-electron chi connectivity index (χ0n) is 11.7. The van der Waals surface area contributed by atoms with E-state index in [1.54, 1.807) is 0 Å². The zero-order chi connectivity index (χ0) is 15.1. The average Bonchev–Trinajstić information content (AvgIpc) is 2.52. The third kappa shape index (κ3) is 4.68. The fraction of sp³-hybridized carbons (Fsp3) is 0.375. The van der Waals surface area contributed by atoms with E-state index in [1.807, 2.05) is 42.5 Å². The normalized spacial score (nSPS) is 14.0. The topological polar surface area (TPSA) is 79.2 Å². The van der Waals surface area contributed by atoms with Crippen LogP contribution in [-0.4, -0.2) is 54.0 Å². The van der Waals surface area contributed by atoms with E-state index in [9.17, 15) is 5.11 Å². The fourth-order valence-electron chi connectivity index (χ4n) is 1.95. The van der Waals surface area contributed by atoms with Gasteiger partial charge in [-0.25, -0.2) is 0 Å². The molecular weight excluding hydrogens is 272 g/mol. The summed E-state index contributed by atoms with van der Waals surface area (Å²) in [5.41, 5.74) is 0. The Morgan fingerprint density at radius 1 is 0.857 bits per heavy atom. The molecule has 5 heteroatoms.